The highest BCUT2D eigenvalue weighted by Crippen LogP contribution is 2.28. The largest absolute Gasteiger partial charge is 0.392 e. The second-order valence-electron chi connectivity index (χ2n) is 7.54. The lowest BCUT2D eigenvalue weighted by molar-refractivity contribution is 0.0909. The Bertz CT molecular complexity index is 702. The maximum atomic E-state index is 10.1. The molecule has 3 heterocycles. The third-order valence-electron chi connectivity index (χ3n) is 5.79. The maximum absolute atomic E-state index is 10.1. The molecule has 0 aliphatic carbocycles. The number of hydrogen-bond donors (Lipinski definition) is 2. The van der Waals surface area contributed by atoms with E-state index in [-0.39, 0.29) is 37.0 Å². The van der Waals surface area contributed by atoms with E-state index in [0.717, 1.165) is 57.4 Å². The van der Waals surface area contributed by atoms with Gasteiger partial charge >= 0.3 is 0 Å². The van der Waals surface area contributed by atoms with Gasteiger partial charge in [0.2, 0.25) is 0 Å². The summed E-state index contributed by atoms with van der Waals surface area (Å²) in [6.07, 6.45) is 9.83. The molecule has 7 heteroatoms. The number of hydrogen-bond acceptors (Lipinski definition) is 4. The van der Waals surface area contributed by atoms with Crippen molar-refractivity contribution in [3.63, 3.8) is 0 Å². The monoisotopic (exact) mass is 414 g/mol. The first-order valence-corrected chi connectivity index (χ1v) is 9.93. The third kappa shape index (κ3) is 5.08. The molecule has 0 saturated carbocycles. The van der Waals surface area contributed by atoms with Crippen molar-refractivity contribution in [1.82, 2.24) is 14.9 Å². The van der Waals surface area contributed by atoms with Gasteiger partial charge in [-0.1, -0.05) is 6.07 Å². The van der Waals surface area contributed by atoms with Crippen molar-refractivity contribution in [2.75, 3.05) is 24.5 Å². The summed E-state index contributed by atoms with van der Waals surface area (Å²) in [5.74, 6) is 0. The predicted octanol–water partition coefficient (Wildman–Crippen LogP) is 3.76. The number of imidazole rings is 1. The smallest absolute Gasteiger partial charge is 0.112 e. The van der Waals surface area contributed by atoms with E-state index in [4.69, 9.17) is 4.98 Å². The minimum absolute atomic E-state index is 0. The van der Waals surface area contributed by atoms with Gasteiger partial charge in [-0.2, -0.15) is 0 Å². The highest BCUT2D eigenvalue weighted by atomic mass is 35.5. The fourth-order valence-electron chi connectivity index (χ4n) is 4.35. The molecule has 27 heavy (non-hydrogen) atoms. The molecule has 5 nitrogen and oxygen atoms in total. The Kier molecular flexibility index (Phi) is 8.67. The molecule has 2 atom stereocenters. The zero-order valence-electron chi connectivity index (χ0n) is 15.8. The second-order valence-corrected chi connectivity index (χ2v) is 7.54. The molecule has 1 aromatic heterocycles. The number of para-hydroxylation sites is 1. The van der Waals surface area contributed by atoms with E-state index in [9.17, 15) is 5.11 Å². The minimum Gasteiger partial charge on any atom is -0.392 e. The van der Waals surface area contributed by atoms with Crippen LogP contribution in [0.1, 0.15) is 44.9 Å². The fraction of sp³-hybridized carbons (Fsp3) is 0.650. The summed E-state index contributed by atoms with van der Waals surface area (Å²) in [5.41, 5.74) is 3.67. The van der Waals surface area contributed by atoms with Gasteiger partial charge in [0.25, 0.3) is 0 Å². The number of nitrogens with one attached hydrogen (secondary N) is 1. The summed E-state index contributed by atoms with van der Waals surface area (Å²) in [7, 11) is 0. The molecular weight excluding hydrogens is 383 g/mol. The van der Waals surface area contributed by atoms with Gasteiger partial charge < -0.3 is 19.9 Å². The van der Waals surface area contributed by atoms with Crippen LogP contribution in [0.25, 0.3) is 11.0 Å². The number of aromatic nitrogens is 2. The summed E-state index contributed by atoms with van der Waals surface area (Å²) in [6, 6.07) is 6.82. The van der Waals surface area contributed by atoms with E-state index in [1.807, 2.05) is 6.33 Å². The van der Waals surface area contributed by atoms with Crippen LogP contribution in [0.5, 0.6) is 0 Å². The van der Waals surface area contributed by atoms with Gasteiger partial charge in [0.1, 0.15) is 5.52 Å². The quantitative estimate of drug-likeness (QED) is 0.781. The molecule has 2 aromatic rings. The standard InChI is InChI=1S/C20H30N4O.2ClH/c25-19-10-5-11-21-16(19)7-6-14-24-15-22-20-17(8-4-9-18(20)24)23-12-2-1-3-13-23;;/h4,8-9,15-16,19,21,25H,1-3,5-7,10-14H2;2*1H/t16-,19+;;/m1../s1. The Morgan fingerprint density at radius 3 is 2.70 bits per heavy atom. The molecule has 2 saturated heterocycles. The average molecular weight is 415 g/mol. The predicted molar refractivity (Wildman–Crippen MR) is 117 cm³/mol. The van der Waals surface area contributed by atoms with Gasteiger partial charge in [-0.15, -0.1) is 24.8 Å². The zero-order valence-corrected chi connectivity index (χ0v) is 17.5. The van der Waals surface area contributed by atoms with Gasteiger partial charge in [-0.25, -0.2) is 4.98 Å². The number of rotatable bonds is 5. The third-order valence-corrected chi connectivity index (χ3v) is 5.79. The van der Waals surface area contributed by atoms with Crippen molar-refractivity contribution >= 4 is 41.5 Å². The SMILES string of the molecule is Cl.Cl.O[C@H]1CCCN[C@@H]1CCCn1cnc2c(N3CCCCC3)cccc21. The Hall–Kier alpha value is -1.01. The van der Waals surface area contributed by atoms with Crippen LogP contribution in [0.3, 0.4) is 0 Å². The molecule has 0 bridgehead atoms. The number of piperidine rings is 2. The first-order valence-electron chi connectivity index (χ1n) is 9.93. The van der Waals surface area contributed by atoms with Crippen molar-refractivity contribution in [2.45, 2.75) is 63.6 Å². The van der Waals surface area contributed by atoms with E-state index in [1.54, 1.807) is 0 Å². The van der Waals surface area contributed by atoms with E-state index >= 15 is 0 Å². The first-order chi connectivity index (χ1) is 12.3. The highest BCUT2D eigenvalue weighted by molar-refractivity contribution is 5.89. The van der Waals surface area contributed by atoms with Crippen LogP contribution >= 0.6 is 24.8 Å². The van der Waals surface area contributed by atoms with Crippen LogP contribution in [-0.2, 0) is 6.54 Å². The Balaban J connectivity index is 0.00000131. The molecule has 0 unspecified atom stereocenters. The number of aryl methyl sites for hydroxylation is 1. The average Bonchev–Trinajstić information content (AvgIpc) is 3.07. The lowest BCUT2D eigenvalue weighted by Gasteiger charge is -2.29. The van der Waals surface area contributed by atoms with Crippen LogP contribution in [0.15, 0.2) is 24.5 Å². The summed E-state index contributed by atoms with van der Waals surface area (Å²) >= 11 is 0. The number of halogens is 2. The Morgan fingerprint density at radius 1 is 1.11 bits per heavy atom. The van der Waals surface area contributed by atoms with Crippen molar-refractivity contribution in [2.24, 2.45) is 0 Å². The van der Waals surface area contributed by atoms with E-state index in [0.29, 0.717) is 0 Å². The number of aliphatic hydroxyl groups excluding tert-OH is 1. The van der Waals surface area contributed by atoms with E-state index < -0.39 is 0 Å². The minimum atomic E-state index is -0.181. The molecule has 2 fully saturated rings. The van der Waals surface area contributed by atoms with Gasteiger partial charge in [0, 0.05) is 25.7 Å². The van der Waals surface area contributed by atoms with Crippen LogP contribution in [0.4, 0.5) is 5.69 Å². The molecule has 4 rings (SSSR count). The van der Waals surface area contributed by atoms with Crippen LogP contribution in [0, 0.1) is 0 Å². The molecular formula is C20H32Cl2N4O. The highest BCUT2D eigenvalue weighted by Gasteiger charge is 2.22. The number of benzene rings is 1. The van der Waals surface area contributed by atoms with Crippen LogP contribution < -0.4 is 10.2 Å². The van der Waals surface area contributed by atoms with Crippen LogP contribution in [0.2, 0.25) is 0 Å². The molecule has 2 N–H and O–H groups in total. The Morgan fingerprint density at radius 2 is 1.93 bits per heavy atom. The normalized spacial score (nSPS) is 22.9. The number of fused-ring (bicyclic) bond motifs is 1. The summed E-state index contributed by atoms with van der Waals surface area (Å²) in [5, 5.41) is 13.5. The molecule has 0 spiro atoms. The molecule has 0 radical (unpaired) electrons. The number of aliphatic hydroxyl groups is 1. The van der Waals surface area contributed by atoms with Crippen molar-refractivity contribution in [3.8, 4) is 0 Å². The second kappa shape index (κ2) is 10.5. The zero-order chi connectivity index (χ0) is 17.1. The molecule has 2 aliphatic heterocycles. The van der Waals surface area contributed by atoms with Crippen molar-refractivity contribution in [1.29, 1.82) is 0 Å². The molecule has 0 amide bonds. The summed E-state index contributed by atoms with van der Waals surface area (Å²) < 4.78 is 2.28. The maximum Gasteiger partial charge on any atom is 0.112 e. The molecule has 2 aliphatic rings. The summed E-state index contributed by atoms with van der Waals surface area (Å²) in [6.45, 7) is 4.30. The van der Waals surface area contributed by atoms with Crippen LogP contribution in [-0.4, -0.2) is 46.4 Å². The fourth-order valence-corrected chi connectivity index (χ4v) is 4.35. The van der Waals surface area contributed by atoms with Crippen molar-refractivity contribution < 1.29 is 5.11 Å². The van der Waals surface area contributed by atoms with E-state index in [2.05, 4.69) is 33.0 Å². The lowest BCUT2D eigenvalue weighted by Crippen LogP contribution is -2.44. The number of anilines is 1. The molecule has 152 valence electrons. The van der Waals surface area contributed by atoms with E-state index in [1.165, 1.54) is 30.5 Å². The Labute approximate surface area is 174 Å². The first kappa shape index (κ1) is 22.3. The molecule has 1 aromatic carbocycles. The topological polar surface area (TPSA) is 53.3 Å². The van der Waals surface area contributed by atoms with Gasteiger partial charge in [0.15, 0.2) is 0 Å². The number of nitrogens with zero attached hydrogens (tertiary/aromatic N) is 3. The van der Waals surface area contributed by atoms with Gasteiger partial charge in [-0.05, 0) is 63.6 Å². The van der Waals surface area contributed by atoms with Crippen molar-refractivity contribution in [3.05, 3.63) is 24.5 Å². The van der Waals surface area contributed by atoms with Gasteiger partial charge in [0.05, 0.1) is 23.6 Å². The summed E-state index contributed by atoms with van der Waals surface area (Å²) in [4.78, 5) is 7.22. The lowest BCUT2D eigenvalue weighted by atomic mass is 9.97. The van der Waals surface area contributed by atoms with Gasteiger partial charge in [-0.3, -0.25) is 0 Å².